The molecule has 0 saturated carbocycles. The van der Waals surface area contributed by atoms with E-state index in [1.54, 1.807) is 0 Å². The van der Waals surface area contributed by atoms with Crippen LogP contribution < -0.4 is 4.90 Å². The van der Waals surface area contributed by atoms with Crippen molar-refractivity contribution in [3.05, 3.63) is 200 Å². The van der Waals surface area contributed by atoms with Gasteiger partial charge < -0.3 is 9.47 Å². The van der Waals surface area contributed by atoms with Crippen molar-refractivity contribution in [1.29, 1.82) is 0 Å². The Balaban J connectivity index is 1.08. The van der Waals surface area contributed by atoms with E-state index >= 15 is 0 Å². The van der Waals surface area contributed by atoms with Gasteiger partial charge in [0.2, 0.25) is 0 Å². The van der Waals surface area contributed by atoms with E-state index in [0.29, 0.717) is 0 Å². The van der Waals surface area contributed by atoms with Gasteiger partial charge in [-0.05, 0) is 95.7 Å². The molecule has 0 spiro atoms. The standard InChI is InChI=1S/C48H33N5/c1-3-14-35(15-4-1)47-49-50-48(53(47)38-17-5-2-6-18-38)36-24-26-39(27-25-36)51(42-28-23-34-13-7-8-16-37(34)33-42)40-29-31-41(32-30-40)52-45-21-11-9-19-43(45)44-20-10-12-22-46(44)52/h1-33H. The Morgan fingerprint density at radius 2 is 0.811 bits per heavy atom. The molecular weight excluding hydrogens is 647 g/mol. The fraction of sp³-hybridized carbons (Fsp3) is 0. The summed E-state index contributed by atoms with van der Waals surface area (Å²) in [6.45, 7) is 0. The molecule has 8 aromatic carbocycles. The summed E-state index contributed by atoms with van der Waals surface area (Å²) < 4.78 is 4.50. The summed E-state index contributed by atoms with van der Waals surface area (Å²) in [5.41, 5.74) is 9.71. The molecule has 250 valence electrons. The minimum absolute atomic E-state index is 0.786. The molecule has 0 amide bonds. The molecule has 0 fully saturated rings. The second-order valence-corrected chi connectivity index (χ2v) is 13.2. The van der Waals surface area contributed by atoms with E-state index in [1.165, 1.54) is 32.6 Å². The first-order valence-electron chi connectivity index (χ1n) is 17.8. The molecule has 0 aliphatic heterocycles. The number of aromatic nitrogens is 4. The minimum Gasteiger partial charge on any atom is -0.310 e. The maximum atomic E-state index is 4.74. The molecule has 0 saturated heterocycles. The van der Waals surface area contributed by atoms with Crippen molar-refractivity contribution < 1.29 is 0 Å². The van der Waals surface area contributed by atoms with Gasteiger partial charge in [-0.15, -0.1) is 10.2 Å². The Kier molecular flexibility index (Phi) is 7.40. The van der Waals surface area contributed by atoms with Gasteiger partial charge in [0.1, 0.15) is 0 Å². The predicted octanol–water partition coefficient (Wildman–Crippen LogP) is 12.3. The van der Waals surface area contributed by atoms with Crippen LogP contribution in [0.4, 0.5) is 17.1 Å². The summed E-state index contributed by atoms with van der Waals surface area (Å²) in [7, 11) is 0. The van der Waals surface area contributed by atoms with Gasteiger partial charge in [-0.3, -0.25) is 4.57 Å². The van der Waals surface area contributed by atoms with Gasteiger partial charge >= 0.3 is 0 Å². The molecule has 5 nitrogen and oxygen atoms in total. The zero-order valence-electron chi connectivity index (χ0n) is 28.8. The van der Waals surface area contributed by atoms with Gasteiger partial charge in [0, 0.05) is 50.3 Å². The lowest BCUT2D eigenvalue weighted by molar-refractivity contribution is 1.07. The molecule has 10 rings (SSSR count). The second-order valence-electron chi connectivity index (χ2n) is 13.2. The first kappa shape index (κ1) is 30.6. The van der Waals surface area contributed by atoms with Crippen molar-refractivity contribution >= 4 is 49.6 Å². The summed E-state index contributed by atoms with van der Waals surface area (Å²) in [4.78, 5) is 2.32. The van der Waals surface area contributed by atoms with E-state index < -0.39 is 0 Å². The lowest BCUT2D eigenvalue weighted by Crippen LogP contribution is -2.10. The summed E-state index contributed by atoms with van der Waals surface area (Å²) in [5.74, 6) is 1.59. The third kappa shape index (κ3) is 5.34. The van der Waals surface area contributed by atoms with E-state index in [1.807, 2.05) is 36.4 Å². The quantitative estimate of drug-likeness (QED) is 0.168. The second kappa shape index (κ2) is 12.8. The van der Waals surface area contributed by atoms with Crippen molar-refractivity contribution in [2.75, 3.05) is 4.90 Å². The molecule has 0 aliphatic carbocycles. The summed E-state index contributed by atoms with van der Waals surface area (Å²) in [6.07, 6.45) is 0. The lowest BCUT2D eigenvalue weighted by Gasteiger charge is -2.26. The van der Waals surface area contributed by atoms with Crippen LogP contribution in [-0.4, -0.2) is 19.3 Å². The fourth-order valence-corrected chi connectivity index (χ4v) is 7.54. The van der Waals surface area contributed by atoms with Gasteiger partial charge in [0.25, 0.3) is 0 Å². The number of benzene rings is 8. The lowest BCUT2D eigenvalue weighted by atomic mass is 10.1. The highest BCUT2D eigenvalue weighted by Crippen LogP contribution is 2.39. The van der Waals surface area contributed by atoms with Crippen LogP contribution in [0.25, 0.3) is 66.7 Å². The first-order chi connectivity index (χ1) is 26.3. The van der Waals surface area contributed by atoms with Crippen LogP contribution in [0.5, 0.6) is 0 Å². The molecule has 10 aromatic rings. The third-order valence-electron chi connectivity index (χ3n) is 10.0. The molecule has 2 heterocycles. The molecule has 2 aromatic heterocycles. The Morgan fingerprint density at radius 3 is 1.45 bits per heavy atom. The van der Waals surface area contributed by atoms with Crippen LogP contribution in [0.2, 0.25) is 0 Å². The van der Waals surface area contributed by atoms with Crippen LogP contribution in [0, 0.1) is 0 Å². The van der Waals surface area contributed by atoms with Gasteiger partial charge in [0.05, 0.1) is 11.0 Å². The van der Waals surface area contributed by atoms with Crippen molar-refractivity contribution in [1.82, 2.24) is 19.3 Å². The molecule has 0 bridgehead atoms. The van der Waals surface area contributed by atoms with Gasteiger partial charge in [-0.25, -0.2) is 0 Å². The molecule has 0 atom stereocenters. The van der Waals surface area contributed by atoms with Crippen LogP contribution >= 0.6 is 0 Å². The Labute approximate surface area is 307 Å². The van der Waals surface area contributed by atoms with Gasteiger partial charge in [0.15, 0.2) is 11.6 Å². The van der Waals surface area contributed by atoms with E-state index in [0.717, 1.165) is 51.2 Å². The zero-order chi connectivity index (χ0) is 35.1. The van der Waals surface area contributed by atoms with Crippen LogP contribution in [-0.2, 0) is 0 Å². The number of rotatable bonds is 7. The van der Waals surface area contributed by atoms with Crippen molar-refractivity contribution in [2.45, 2.75) is 0 Å². The zero-order valence-corrected chi connectivity index (χ0v) is 28.8. The van der Waals surface area contributed by atoms with E-state index in [2.05, 4.69) is 183 Å². The fourth-order valence-electron chi connectivity index (χ4n) is 7.54. The van der Waals surface area contributed by atoms with Crippen molar-refractivity contribution in [2.24, 2.45) is 0 Å². The SMILES string of the molecule is c1ccc(-c2nnc(-c3ccc(N(c4ccc(-n5c6ccccc6c6ccccc65)cc4)c4ccc5ccccc5c4)cc3)n2-c2ccccc2)cc1. The maximum Gasteiger partial charge on any atom is 0.168 e. The topological polar surface area (TPSA) is 38.9 Å². The van der Waals surface area contributed by atoms with Crippen LogP contribution in [0.15, 0.2) is 200 Å². The highest BCUT2D eigenvalue weighted by atomic mass is 15.3. The van der Waals surface area contributed by atoms with E-state index in [4.69, 9.17) is 5.10 Å². The third-order valence-corrected chi connectivity index (χ3v) is 10.0. The van der Waals surface area contributed by atoms with E-state index in [9.17, 15) is 0 Å². The summed E-state index contributed by atoms with van der Waals surface area (Å²) in [6, 6.07) is 70.5. The number of para-hydroxylation sites is 3. The molecule has 53 heavy (non-hydrogen) atoms. The maximum absolute atomic E-state index is 4.74. The average Bonchev–Trinajstić information content (AvgIpc) is 3.83. The normalized spacial score (nSPS) is 11.4. The largest absolute Gasteiger partial charge is 0.310 e. The Bertz CT molecular complexity index is 2820. The number of hydrogen-bond donors (Lipinski definition) is 0. The number of anilines is 3. The van der Waals surface area contributed by atoms with Crippen LogP contribution in [0.1, 0.15) is 0 Å². The smallest absolute Gasteiger partial charge is 0.168 e. The van der Waals surface area contributed by atoms with E-state index in [-0.39, 0.29) is 0 Å². The molecular formula is C48H33N5. The van der Waals surface area contributed by atoms with Crippen molar-refractivity contribution in [3.8, 4) is 34.2 Å². The number of fused-ring (bicyclic) bond motifs is 4. The number of nitrogens with zero attached hydrogens (tertiary/aromatic N) is 5. The highest BCUT2D eigenvalue weighted by Gasteiger charge is 2.19. The molecule has 0 N–H and O–H groups in total. The van der Waals surface area contributed by atoms with Gasteiger partial charge in [-0.2, -0.15) is 0 Å². The highest BCUT2D eigenvalue weighted by molar-refractivity contribution is 6.09. The van der Waals surface area contributed by atoms with Gasteiger partial charge in [-0.1, -0.05) is 115 Å². The Morgan fingerprint density at radius 1 is 0.340 bits per heavy atom. The minimum atomic E-state index is 0.786. The van der Waals surface area contributed by atoms with Crippen molar-refractivity contribution in [3.63, 3.8) is 0 Å². The number of hydrogen-bond acceptors (Lipinski definition) is 3. The first-order valence-corrected chi connectivity index (χ1v) is 17.8. The monoisotopic (exact) mass is 679 g/mol. The average molecular weight is 680 g/mol. The molecule has 0 radical (unpaired) electrons. The summed E-state index contributed by atoms with van der Waals surface area (Å²) >= 11 is 0. The summed E-state index contributed by atoms with van der Waals surface area (Å²) in [5, 5.41) is 14.3. The molecule has 0 aliphatic rings. The molecule has 0 unspecified atom stereocenters. The van der Waals surface area contributed by atoms with Crippen LogP contribution in [0.3, 0.4) is 0 Å². The molecule has 5 heteroatoms. The Hall–Kier alpha value is -7.24. The predicted molar refractivity (Wildman–Crippen MR) is 219 cm³/mol.